The average Bonchev–Trinajstić information content (AvgIpc) is 2.70. The lowest BCUT2D eigenvalue weighted by Gasteiger charge is -2.37. The number of hydrogen-bond donors (Lipinski definition) is 1. The Bertz CT molecular complexity index is 430. The fraction of sp³-hybridized carbons (Fsp3) is 0.812. The van der Waals surface area contributed by atoms with Gasteiger partial charge in [-0.25, -0.2) is 4.98 Å². The summed E-state index contributed by atoms with van der Waals surface area (Å²) in [6.07, 6.45) is 9.12. The summed E-state index contributed by atoms with van der Waals surface area (Å²) < 4.78 is 0. The summed E-state index contributed by atoms with van der Waals surface area (Å²) in [5.74, 6) is 2.76. The maximum Gasteiger partial charge on any atom is 0.110 e. The highest BCUT2D eigenvalue weighted by Crippen LogP contribution is 2.46. The van der Waals surface area contributed by atoms with Crippen molar-refractivity contribution in [2.24, 2.45) is 11.3 Å². The van der Waals surface area contributed by atoms with Crippen LogP contribution in [0.4, 0.5) is 0 Å². The Balaban J connectivity index is 1.88. The molecule has 0 aliphatic heterocycles. The van der Waals surface area contributed by atoms with E-state index in [1.54, 1.807) is 0 Å². The van der Waals surface area contributed by atoms with Crippen molar-refractivity contribution in [1.82, 2.24) is 9.97 Å². The maximum atomic E-state index is 4.95. The molecule has 2 heteroatoms. The Hall–Kier alpha value is -0.790. The number of rotatable bonds is 1. The number of H-pyrrole nitrogens is 1. The van der Waals surface area contributed by atoms with Gasteiger partial charge in [-0.1, -0.05) is 33.6 Å². The molecular formula is C16H26N2. The van der Waals surface area contributed by atoms with Crippen LogP contribution in [0.1, 0.15) is 76.0 Å². The van der Waals surface area contributed by atoms with Crippen molar-refractivity contribution in [3.8, 4) is 0 Å². The Kier molecular flexibility index (Phi) is 2.99. The molecule has 0 aromatic carbocycles. The molecule has 18 heavy (non-hydrogen) atoms. The number of fused-ring (bicyclic) bond motifs is 1. The molecule has 0 bridgehead atoms. The third kappa shape index (κ3) is 2.10. The molecule has 1 fully saturated rings. The van der Waals surface area contributed by atoms with Crippen LogP contribution in [0.5, 0.6) is 0 Å². The monoisotopic (exact) mass is 246 g/mol. The van der Waals surface area contributed by atoms with E-state index in [9.17, 15) is 0 Å². The molecule has 0 spiro atoms. The second kappa shape index (κ2) is 4.40. The fourth-order valence-corrected chi connectivity index (χ4v) is 3.84. The summed E-state index contributed by atoms with van der Waals surface area (Å²) in [7, 11) is 0. The molecule has 0 radical (unpaired) electrons. The predicted octanol–water partition coefficient (Wildman–Crippen LogP) is 4.22. The lowest BCUT2D eigenvalue weighted by molar-refractivity contribution is 0.193. The van der Waals surface area contributed by atoms with Crippen LogP contribution in [0.25, 0.3) is 0 Å². The summed E-state index contributed by atoms with van der Waals surface area (Å²) in [6.45, 7) is 7.19. The molecule has 1 saturated carbocycles. The summed E-state index contributed by atoms with van der Waals surface area (Å²) in [5.41, 5.74) is 3.22. The van der Waals surface area contributed by atoms with E-state index < -0.39 is 0 Å². The quantitative estimate of drug-likeness (QED) is 0.789. The van der Waals surface area contributed by atoms with Crippen LogP contribution in [0, 0.1) is 11.3 Å². The first-order valence-corrected chi connectivity index (χ1v) is 7.64. The van der Waals surface area contributed by atoms with Crippen molar-refractivity contribution < 1.29 is 0 Å². The van der Waals surface area contributed by atoms with Gasteiger partial charge in [0.15, 0.2) is 0 Å². The van der Waals surface area contributed by atoms with Crippen LogP contribution in [0.2, 0.25) is 0 Å². The molecule has 2 unspecified atom stereocenters. The molecule has 2 atom stereocenters. The fourth-order valence-electron chi connectivity index (χ4n) is 3.84. The molecule has 1 aromatic rings. The number of nitrogens with zero attached hydrogens (tertiary/aromatic N) is 1. The van der Waals surface area contributed by atoms with Gasteiger partial charge in [-0.3, -0.25) is 0 Å². The minimum atomic E-state index is 0.421. The zero-order valence-electron chi connectivity index (χ0n) is 12.1. The first-order valence-electron chi connectivity index (χ1n) is 7.64. The first kappa shape index (κ1) is 12.3. The van der Waals surface area contributed by atoms with Gasteiger partial charge >= 0.3 is 0 Å². The topological polar surface area (TPSA) is 28.7 Å². The van der Waals surface area contributed by atoms with Crippen molar-refractivity contribution >= 4 is 0 Å². The van der Waals surface area contributed by atoms with Crippen LogP contribution >= 0.6 is 0 Å². The highest BCUT2D eigenvalue weighted by Gasteiger charge is 2.36. The molecule has 1 aromatic heterocycles. The molecule has 1 N–H and O–H groups in total. The van der Waals surface area contributed by atoms with Crippen LogP contribution in [0.3, 0.4) is 0 Å². The Morgan fingerprint density at radius 1 is 1.22 bits per heavy atom. The Morgan fingerprint density at radius 2 is 2.06 bits per heavy atom. The van der Waals surface area contributed by atoms with Crippen molar-refractivity contribution in [2.75, 3.05) is 0 Å². The minimum Gasteiger partial charge on any atom is -0.345 e. The number of nitrogens with one attached hydrogen (secondary N) is 1. The van der Waals surface area contributed by atoms with Gasteiger partial charge in [0.05, 0.1) is 5.69 Å². The maximum absolute atomic E-state index is 4.95. The van der Waals surface area contributed by atoms with Crippen molar-refractivity contribution in [1.29, 1.82) is 0 Å². The second-order valence-electron chi connectivity index (χ2n) is 7.18. The third-order valence-corrected chi connectivity index (χ3v) is 5.15. The van der Waals surface area contributed by atoms with Gasteiger partial charge in [-0.15, -0.1) is 0 Å². The minimum absolute atomic E-state index is 0.421. The standard InChI is InChI=1S/C16H26N2/c1-11-7-8-13-14(10-11)18-15(17-13)12-6-4-5-9-16(12,2)3/h11-12H,4-10H2,1-3H3,(H,17,18). The molecule has 2 nitrogen and oxygen atoms in total. The van der Waals surface area contributed by atoms with E-state index >= 15 is 0 Å². The highest BCUT2D eigenvalue weighted by molar-refractivity contribution is 5.21. The molecule has 3 rings (SSSR count). The molecule has 1 heterocycles. The predicted molar refractivity (Wildman–Crippen MR) is 74.8 cm³/mol. The molecule has 0 amide bonds. The smallest absolute Gasteiger partial charge is 0.110 e. The lowest BCUT2D eigenvalue weighted by atomic mass is 9.68. The third-order valence-electron chi connectivity index (χ3n) is 5.15. The van der Waals surface area contributed by atoms with Gasteiger partial charge in [0.1, 0.15) is 5.82 Å². The van der Waals surface area contributed by atoms with E-state index in [0.29, 0.717) is 11.3 Å². The van der Waals surface area contributed by atoms with E-state index in [0.717, 1.165) is 5.92 Å². The number of imidazole rings is 1. The summed E-state index contributed by atoms with van der Waals surface area (Å²) in [5, 5.41) is 0. The summed E-state index contributed by atoms with van der Waals surface area (Å²) in [6, 6.07) is 0. The van der Waals surface area contributed by atoms with Gasteiger partial charge in [-0.2, -0.15) is 0 Å². The number of aromatic amines is 1. The van der Waals surface area contributed by atoms with Crippen molar-refractivity contribution in [2.45, 2.75) is 71.6 Å². The van der Waals surface area contributed by atoms with Crippen LogP contribution in [0.15, 0.2) is 0 Å². The van der Waals surface area contributed by atoms with E-state index in [4.69, 9.17) is 4.98 Å². The van der Waals surface area contributed by atoms with E-state index in [1.165, 1.54) is 62.2 Å². The van der Waals surface area contributed by atoms with E-state index in [-0.39, 0.29) is 0 Å². The second-order valence-corrected chi connectivity index (χ2v) is 7.18. The molecule has 2 aliphatic carbocycles. The lowest BCUT2D eigenvalue weighted by Crippen LogP contribution is -2.26. The average molecular weight is 246 g/mol. The Labute approximate surface area is 111 Å². The van der Waals surface area contributed by atoms with Gasteiger partial charge < -0.3 is 4.98 Å². The number of aromatic nitrogens is 2. The van der Waals surface area contributed by atoms with Gasteiger partial charge in [0.2, 0.25) is 0 Å². The molecule has 0 saturated heterocycles. The SMILES string of the molecule is CC1CCc2nc(C3CCCCC3(C)C)[nH]c2C1. The van der Waals surface area contributed by atoms with Crippen LogP contribution in [-0.2, 0) is 12.8 Å². The first-order chi connectivity index (χ1) is 8.56. The largest absolute Gasteiger partial charge is 0.345 e. The normalized spacial score (nSPS) is 31.1. The van der Waals surface area contributed by atoms with Gasteiger partial charge in [0, 0.05) is 11.6 Å². The van der Waals surface area contributed by atoms with Gasteiger partial charge in [-0.05, 0) is 43.4 Å². The van der Waals surface area contributed by atoms with E-state index in [2.05, 4.69) is 25.8 Å². The molecule has 2 aliphatic rings. The van der Waals surface area contributed by atoms with E-state index in [1.807, 2.05) is 0 Å². The van der Waals surface area contributed by atoms with Gasteiger partial charge in [0.25, 0.3) is 0 Å². The zero-order valence-corrected chi connectivity index (χ0v) is 12.1. The number of aryl methyl sites for hydroxylation is 1. The summed E-state index contributed by atoms with van der Waals surface area (Å²) in [4.78, 5) is 8.63. The number of hydrogen-bond acceptors (Lipinski definition) is 1. The van der Waals surface area contributed by atoms with Crippen molar-refractivity contribution in [3.05, 3.63) is 17.2 Å². The zero-order chi connectivity index (χ0) is 12.8. The highest BCUT2D eigenvalue weighted by atomic mass is 15.0. The molecular weight excluding hydrogens is 220 g/mol. The summed E-state index contributed by atoms with van der Waals surface area (Å²) >= 11 is 0. The Morgan fingerprint density at radius 3 is 2.83 bits per heavy atom. The van der Waals surface area contributed by atoms with Crippen LogP contribution < -0.4 is 0 Å². The molecule has 100 valence electrons. The van der Waals surface area contributed by atoms with Crippen molar-refractivity contribution in [3.63, 3.8) is 0 Å². The van der Waals surface area contributed by atoms with Crippen LogP contribution in [-0.4, -0.2) is 9.97 Å².